The summed E-state index contributed by atoms with van der Waals surface area (Å²) in [5, 5.41) is 13.1. The highest BCUT2D eigenvalue weighted by Crippen LogP contribution is 2.23. The van der Waals surface area contributed by atoms with Gasteiger partial charge in [-0.2, -0.15) is 0 Å². The molecule has 18 heavy (non-hydrogen) atoms. The monoisotopic (exact) mass is 265 g/mol. The Morgan fingerprint density at radius 1 is 1.22 bits per heavy atom. The summed E-state index contributed by atoms with van der Waals surface area (Å²) in [5.74, 6) is 1.79. The molecule has 0 bridgehead atoms. The van der Waals surface area contributed by atoms with E-state index >= 15 is 0 Å². The molecule has 0 spiro atoms. The number of benzene rings is 1. The number of thioether (sulfide) groups is 1. The molecule has 1 aliphatic carbocycles. The van der Waals surface area contributed by atoms with Crippen LogP contribution in [0.15, 0.2) is 35.2 Å². The van der Waals surface area contributed by atoms with Crippen LogP contribution in [0.25, 0.3) is 0 Å². The molecule has 0 heterocycles. The van der Waals surface area contributed by atoms with Gasteiger partial charge < -0.3 is 10.4 Å². The first-order chi connectivity index (χ1) is 8.84. The molecule has 2 atom stereocenters. The van der Waals surface area contributed by atoms with Crippen LogP contribution in [-0.2, 0) is 0 Å². The topological polar surface area (TPSA) is 32.3 Å². The highest BCUT2D eigenvalue weighted by molar-refractivity contribution is 7.99. The van der Waals surface area contributed by atoms with E-state index in [1.165, 1.54) is 17.7 Å². The summed E-state index contributed by atoms with van der Waals surface area (Å²) in [5.41, 5.74) is 0. The fourth-order valence-electron chi connectivity index (χ4n) is 2.51. The fraction of sp³-hybridized carbons (Fsp3) is 0.600. The second-order valence-corrected chi connectivity index (χ2v) is 6.22. The predicted molar refractivity (Wildman–Crippen MR) is 78.0 cm³/mol. The number of aliphatic hydroxyl groups is 1. The van der Waals surface area contributed by atoms with Gasteiger partial charge in [-0.25, -0.2) is 0 Å². The average molecular weight is 265 g/mol. The number of hydrogen-bond acceptors (Lipinski definition) is 3. The molecule has 1 aliphatic rings. The molecule has 0 aliphatic heterocycles. The fourth-order valence-corrected chi connectivity index (χ4v) is 3.34. The zero-order chi connectivity index (χ0) is 12.6. The lowest BCUT2D eigenvalue weighted by atomic mass is 9.87. The highest BCUT2D eigenvalue weighted by atomic mass is 32.2. The molecule has 1 fully saturated rings. The zero-order valence-electron chi connectivity index (χ0n) is 10.8. The third-order valence-corrected chi connectivity index (χ3v) is 4.49. The summed E-state index contributed by atoms with van der Waals surface area (Å²) in [6, 6.07) is 10.5. The Morgan fingerprint density at radius 2 is 2.06 bits per heavy atom. The molecule has 1 saturated carbocycles. The van der Waals surface area contributed by atoms with Gasteiger partial charge in [0.05, 0.1) is 6.10 Å². The molecule has 1 aromatic carbocycles. The Balaban J connectivity index is 1.53. The van der Waals surface area contributed by atoms with Crippen molar-refractivity contribution in [2.24, 2.45) is 5.92 Å². The molecule has 2 rings (SSSR count). The molecular formula is C15H23NOS. The molecular weight excluding hydrogens is 242 g/mol. The van der Waals surface area contributed by atoms with Crippen LogP contribution < -0.4 is 5.32 Å². The lowest BCUT2D eigenvalue weighted by Gasteiger charge is -2.25. The van der Waals surface area contributed by atoms with E-state index in [1.54, 1.807) is 0 Å². The Morgan fingerprint density at radius 3 is 2.83 bits per heavy atom. The van der Waals surface area contributed by atoms with Gasteiger partial charge in [0.15, 0.2) is 0 Å². The van der Waals surface area contributed by atoms with Crippen molar-refractivity contribution >= 4 is 11.8 Å². The second-order valence-electron chi connectivity index (χ2n) is 5.05. The maximum Gasteiger partial charge on any atom is 0.0543 e. The van der Waals surface area contributed by atoms with Crippen LogP contribution in [0.1, 0.15) is 25.7 Å². The van der Waals surface area contributed by atoms with Crippen molar-refractivity contribution in [1.29, 1.82) is 0 Å². The Labute approximate surface area is 114 Å². The van der Waals surface area contributed by atoms with Gasteiger partial charge in [-0.3, -0.25) is 0 Å². The van der Waals surface area contributed by atoms with Crippen molar-refractivity contribution in [1.82, 2.24) is 5.32 Å². The van der Waals surface area contributed by atoms with Crippen LogP contribution in [0.2, 0.25) is 0 Å². The summed E-state index contributed by atoms with van der Waals surface area (Å²) in [6.07, 6.45) is 4.39. The van der Waals surface area contributed by atoms with Crippen molar-refractivity contribution in [2.45, 2.75) is 36.7 Å². The Bertz CT molecular complexity index is 331. The van der Waals surface area contributed by atoms with Gasteiger partial charge in [-0.05, 0) is 43.9 Å². The van der Waals surface area contributed by atoms with Gasteiger partial charge in [0.1, 0.15) is 0 Å². The van der Waals surface area contributed by atoms with Gasteiger partial charge in [0.25, 0.3) is 0 Å². The van der Waals surface area contributed by atoms with Crippen molar-refractivity contribution in [3.63, 3.8) is 0 Å². The molecule has 1 aromatic rings. The van der Waals surface area contributed by atoms with E-state index in [-0.39, 0.29) is 6.10 Å². The Hall–Kier alpha value is -0.510. The van der Waals surface area contributed by atoms with E-state index < -0.39 is 0 Å². The van der Waals surface area contributed by atoms with Gasteiger partial charge in [0.2, 0.25) is 0 Å². The van der Waals surface area contributed by atoms with Crippen LogP contribution in [0.5, 0.6) is 0 Å². The third-order valence-electron chi connectivity index (χ3n) is 3.48. The highest BCUT2D eigenvalue weighted by Gasteiger charge is 2.19. The first kappa shape index (κ1) is 13.9. The van der Waals surface area contributed by atoms with E-state index in [0.29, 0.717) is 5.92 Å². The van der Waals surface area contributed by atoms with Gasteiger partial charge in [-0.1, -0.05) is 24.6 Å². The van der Waals surface area contributed by atoms with Crippen LogP contribution in [0.4, 0.5) is 0 Å². The van der Waals surface area contributed by atoms with Gasteiger partial charge in [-0.15, -0.1) is 11.8 Å². The SMILES string of the molecule is OC1CCCC(CNCCSc2ccccc2)C1. The van der Waals surface area contributed by atoms with Crippen molar-refractivity contribution in [3.8, 4) is 0 Å². The van der Waals surface area contributed by atoms with Crippen molar-refractivity contribution < 1.29 is 5.11 Å². The standard InChI is InChI=1S/C15H23NOS/c17-14-6-4-5-13(11-14)12-16-9-10-18-15-7-2-1-3-8-15/h1-3,7-8,13-14,16-17H,4-6,9-12H2. The molecule has 0 radical (unpaired) electrons. The molecule has 0 saturated heterocycles. The van der Waals surface area contributed by atoms with Crippen molar-refractivity contribution in [3.05, 3.63) is 30.3 Å². The molecule has 2 N–H and O–H groups in total. The minimum Gasteiger partial charge on any atom is -0.393 e. The van der Waals surface area contributed by atoms with E-state index in [9.17, 15) is 5.11 Å². The molecule has 2 unspecified atom stereocenters. The maximum atomic E-state index is 9.60. The van der Waals surface area contributed by atoms with Crippen LogP contribution in [0, 0.1) is 5.92 Å². The normalized spacial score (nSPS) is 24.1. The maximum absolute atomic E-state index is 9.60. The van der Waals surface area contributed by atoms with Crippen molar-refractivity contribution in [2.75, 3.05) is 18.8 Å². The number of nitrogens with one attached hydrogen (secondary N) is 1. The number of rotatable bonds is 6. The largest absolute Gasteiger partial charge is 0.393 e. The summed E-state index contributed by atoms with van der Waals surface area (Å²) < 4.78 is 0. The lowest BCUT2D eigenvalue weighted by Crippen LogP contribution is -2.30. The van der Waals surface area contributed by atoms with Gasteiger partial charge >= 0.3 is 0 Å². The molecule has 0 amide bonds. The molecule has 3 heteroatoms. The van der Waals surface area contributed by atoms with Crippen LogP contribution >= 0.6 is 11.8 Å². The summed E-state index contributed by atoms with van der Waals surface area (Å²) in [6.45, 7) is 2.11. The minimum atomic E-state index is -0.0516. The Kier molecular flexibility index (Phi) is 6.05. The van der Waals surface area contributed by atoms with E-state index in [2.05, 4.69) is 35.6 Å². The third kappa shape index (κ3) is 5.01. The lowest BCUT2D eigenvalue weighted by molar-refractivity contribution is 0.101. The quantitative estimate of drug-likeness (QED) is 0.613. The smallest absolute Gasteiger partial charge is 0.0543 e. The number of aliphatic hydroxyl groups excluding tert-OH is 1. The number of hydrogen-bond donors (Lipinski definition) is 2. The van der Waals surface area contributed by atoms with E-state index in [0.717, 1.165) is 31.7 Å². The molecule has 100 valence electrons. The van der Waals surface area contributed by atoms with Gasteiger partial charge in [0, 0.05) is 17.2 Å². The van der Waals surface area contributed by atoms with E-state index in [1.807, 2.05) is 11.8 Å². The molecule has 2 nitrogen and oxygen atoms in total. The minimum absolute atomic E-state index is 0.0516. The first-order valence-corrected chi connectivity index (χ1v) is 7.90. The van der Waals surface area contributed by atoms with E-state index in [4.69, 9.17) is 0 Å². The second kappa shape index (κ2) is 7.82. The average Bonchev–Trinajstić information content (AvgIpc) is 2.40. The predicted octanol–water partition coefficient (Wildman–Crippen LogP) is 2.92. The summed E-state index contributed by atoms with van der Waals surface area (Å²) in [4.78, 5) is 1.34. The molecule has 0 aromatic heterocycles. The van der Waals surface area contributed by atoms with Crippen LogP contribution in [-0.4, -0.2) is 30.1 Å². The summed E-state index contributed by atoms with van der Waals surface area (Å²) in [7, 11) is 0. The van der Waals surface area contributed by atoms with Crippen LogP contribution in [0.3, 0.4) is 0 Å². The summed E-state index contributed by atoms with van der Waals surface area (Å²) >= 11 is 1.90. The zero-order valence-corrected chi connectivity index (χ0v) is 11.7. The first-order valence-electron chi connectivity index (χ1n) is 6.91.